The molecule has 0 saturated carbocycles. The number of benzene rings is 2. The first kappa shape index (κ1) is 18.1. The van der Waals surface area contributed by atoms with Crippen molar-refractivity contribution in [2.45, 2.75) is 20.8 Å². The Morgan fingerprint density at radius 2 is 1.92 bits per heavy atom. The van der Waals surface area contributed by atoms with Crippen LogP contribution in [-0.2, 0) is 0 Å². The number of carbonyl (C=O) groups excluding carboxylic acids is 1. The molecule has 1 amide bonds. The van der Waals surface area contributed by atoms with Crippen LogP contribution < -0.4 is 5.43 Å². The minimum Gasteiger partial charge on any atom is -0.506 e. The summed E-state index contributed by atoms with van der Waals surface area (Å²) in [5, 5.41) is 14.7. The van der Waals surface area contributed by atoms with E-state index >= 15 is 0 Å². The molecule has 1 heterocycles. The number of carbonyl (C=O) groups is 1. The summed E-state index contributed by atoms with van der Waals surface area (Å²) in [6.45, 7) is 5.91. The zero-order chi connectivity index (χ0) is 18.8. The maximum Gasteiger partial charge on any atom is 0.271 e. The van der Waals surface area contributed by atoms with Crippen LogP contribution >= 0.6 is 15.9 Å². The molecule has 3 rings (SSSR count). The van der Waals surface area contributed by atoms with E-state index in [2.05, 4.69) is 31.4 Å². The molecule has 5 nitrogen and oxygen atoms in total. The summed E-state index contributed by atoms with van der Waals surface area (Å²) in [6.07, 6.45) is 1.45. The Bertz CT molecular complexity index is 1040. The highest BCUT2D eigenvalue weighted by atomic mass is 79.9. The lowest BCUT2D eigenvalue weighted by Gasteiger charge is -2.12. The lowest BCUT2D eigenvalue weighted by Crippen LogP contribution is -2.19. The van der Waals surface area contributed by atoms with Gasteiger partial charge in [-0.1, -0.05) is 34.1 Å². The van der Waals surface area contributed by atoms with Crippen LogP contribution in [0.5, 0.6) is 5.75 Å². The highest BCUT2D eigenvalue weighted by molar-refractivity contribution is 9.10. The molecule has 0 aliphatic heterocycles. The number of pyridine rings is 1. The van der Waals surface area contributed by atoms with Crippen LogP contribution in [0.3, 0.4) is 0 Å². The van der Waals surface area contributed by atoms with Crippen molar-refractivity contribution in [3.05, 3.63) is 68.8 Å². The maximum atomic E-state index is 12.4. The molecule has 0 saturated heterocycles. The fourth-order valence-electron chi connectivity index (χ4n) is 2.68. The first-order valence-electron chi connectivity index (χ1n) is 8.07. The summed E-state index contributed by atoms with van der Waals surface area (Å²) in [6, 6.07) is 10.6. The van der Waals surface area contributed by atoms with E-state index in [1.54, 1.807) is 24.3 Å². The van der Waals surface area contributed by atoms with E-state index < -0.39 is 0 Å². The van der Waals surface area contributed by atoms with Crippen molar-refractivity contribution >= 4 is 39.0 Å². The van der Waals surface area contributed by atoms with E-state index in [-0.39, 0.29) is 11.7 Å². The van der Waals surface area contributed by atoms with Gasteiger partial charge in [0.05, 0.1) is 11.9 Å². The van der Waals surface area contributed by atoms with Crippen molar-refractivity contribution in [3.63, 3.8) is 0 Å². The average molecular weight is 412 g/mol. The van der Waals surface area contributed by atoms with Crippen LogP contribution in [0.4, 0.5) is 0 Å². The predicted octanol–water partition coefficient (Wildman–Crippen LogP) is 4.39. The van der Waals surface area contributed by atoms with Gasteiger partial charge in [-0.3, -0.25) is 4.79 Å². The van der Waals surface area contributed by atoms with Crippen LogP contribution in [0.2, 0.25) is 0 Å². The summed E-state index contributed by atoms with van der Waals surface area (Å²) in [4.78, 5) is 16.8. The molecule has 2 N–H and O–H groups in total. The van der Waals surface area contributed by atoms with Gasteiger partial charge in [-0.15, -0.1) is 0 Å². The standard InChI is InChI=1S/C20H18BrN3O2/c1-11-12(2)16(9-17(21)13(11)3)20(26)24-22-10-15-8-7-14-5-4-6-18(25)19(14)23-15/h4-10,25H,1-3H3,(H,24,26). The smallest absolute Gasteiger partial charge is 0.271 e. The SMILES string of the molecule is Cc1c(Br)cc(C(=O)NN=Cc2ccc3cccc(O)c3n2)c(C)c1C. The second-order valence-electron chi connectivity index (χ2n) is 6.07. The number of hydrogen-bond acceptors (Lipinski definition) is 4. The lowest BCUT2D eigenvalue weighted by molar-refractivity contribution is 0.0954. The Balaban J connectivity index is 1.81. The summed E-state index contributed by atoms with van der Waals surface area (Å²) in [5.74, 6) is -0.177. The zero-order valence-electron chi connectivity index (χ0n) is 14.7. The second kappa shape index (κ2) is 7.25. The minimum absolute atomic E-state index is 0.109. The molecule has 0 aliphatic rings. The Hall–Kier alpha value is -2.73. The number of nitrogens with zero attached hydrogens (tertiary/aromatic N) is 2. The van der Waals surface area contributed by atoms with Gasteiger partial charge in [0, 0.05) is 15.4 Å². The van der Waals surface area contributed by atoms with Gasteiger partial charge in [0.15, 0.2) is 0 Å². The average Bonchev–Trinajstić information content (AvgIpc) is 2.63. The number of fused-ring (bicyclic) bond motifs is 1. The second-order valence-corrected chi connectivity index (χ2v) is 6.92. The molecule has 0 bridgehead atoms. The van der Waals surface area contributed by atoms with Crippen molar-refractivity contribution in [2.75, 3.05) is 0 Å². The number of aromatic hydroxyl groups is 1. The molecule has 1 aromatic heterocycles. The van der Waals surface area contributed by atoms with Crippen LogP contribution in [-0.4, -0.2) is 22.2 Å². The Kier molecular flexibility index (Phi) is 5.04. The number of rotatable bonds is 3. The van der Waals surface area contributed by atoms with Crippen molar-refractivity contribution in [1.82, 2.24) is 10.4 Å². The number of phenolic OH excluding ortho intramolecular Hbond substituents is 1. The lowest BCUT2D eigenvalue weighted by atomic mass is 9.98. The Morgan fingerprint density at radius 1 is 1.15 bits per heavy atom. The van der Waals surface area contributed by atoms with E-state index in [0.29, 0.717) is 16.8 Å². The molecule has 3 aromatic rings. The summed E-state index contributed by atoms with van der Waals surface area (Å²) < 4.78 is 0.890. The fraction of sp³-hybridized carbons (Fsp3) is 0.150. The van der Waals surface area contributed by atoms with Gasteiger partial charge in [0.1, 0.15) is 11.3 Å². The van der Waals surface area contributed by atoms with Crippen LogP contribution in [0.1, 0.15) is 32.7 Å². The van der Waals surface area contributed by atoms with E-state index in [9.17, 15) is 9.90 Å². The molecule has 26 heavy (non-hydrogen) atoms. The molecule has 2 aromatic carbocycles. The number of hydrazone groups is 1. The normalized spacial score (nSPS) is 11.2. The highest BCUT2D eigenvalue weighted by Crippen LogP contribution is 2.26. The van der Waals surface area contributed by atoms with Crippen molar-refractivity contribution < 1.29 is 9.90 Å². The fourth-order valence-corrected chi connectivity index (χ4v) is 3.20. The van der Waals surface area contributed by atoms with Gasteiger partial charge < -0.3 is 5.11 Å². The number of amides is 1. The predicted molar refractivity (Wildman–Crippen MR) is 107 cm³/mol. The van der Waals surface area contributed by atoms with E-state index in [0.717, 1.165) is 26.5 Å². The van der Waals surface area contributed by atoms with Gasteiger partial charge in [-0.2, -0.15) is 5.10 Å². The molecular formula is C20H18BrN3O2. The van der Waals surface area contributed by atoms with Gasteiger partial charge in [-0.05, 0) is 55.7 Å². The van der Waals surface area contributed by atoms with Crippen molar-refractivity contribution in [3.8, 4) is 5.75 Å². The molecule has 0 fully saturated rings. The number of phenols is 1. The molecular weight excluding hydrogens is 394 g/mol. The molecule has 0 atom stereocenters. The van der Waals surface area contributed by atoms with Gasteiger partial charge in [-0.25, -0.2) is 10.4 Å². The summed E-state index contributed by atoms with van der Waals surface area (Å²) in [5.41, 5.74) is 7.25. The highest BCUT2D eigenvalue weighted by Gasteiger charge is 2.13. The first-order chi connectivity index (χ1) is 12.4. The van der Waals surface area contributed by atoms with Crippen molar-refractivity contribution in [1.29, 1.82) is 0 Å². The molecule has 0 radical (unpaired) electrons. The van der Waals surface area contributed by atoms with Gasteiger partial charge >= 0.3 is 0 Å². The third-order valence-electron chi connectivity index (χ3n) is 4.49. The van der Waals surface area contributed by atoms with Crippen LogP contribution in [0, 0.1) is 20.8 Å². The van der Waals surface area contributed by atoms with Gasteiger partial charge in [0.25, 0.3) is 5.91 Å². The number of nitrogens with one attached hydrogen (secondary N) is 1. The Morgan fingerprint density at radius 3 is 2.69 bits per heavy atom. The van der Waals surface area contributed by atoms with Crippen LogP contribution in [0.25, 0.3) is 10.9 Å². The van der Waals surface area contributed by atoms with E-state index in [1.807, 2.05) is 32.9 Å². The molecule has 6 heteroatoms. The topological polar surface area (TPSA) is 74.6 Å². The monoisotopic (exact) mass is 411 g/mol. The molecule has 0 unspecified atom stereocenters. The minimum atomic E-state index is -0.286. The molecule has 132 valence electrons. The summed E-state index contributed by atoms with van der Waals surface area (Å²) in [7, 11) is 0. The van der Waals surface area contributed by atoms with E-state index in [4.69, 9.17) is 0 Å². The Labute approximate surface area is 159 Å². The quantitative estimate of drug-likeness (QED) is 0.495. The number of aromatic nitrogens is 1. The number of halogens is 1. The van der Waals surface area contributed by atoms with E-state index in [1.165, 1.54) is 6.21 Å². The molecule has 0 aliphatic carbocycles. The number of para-hydroxylation sites is 1. The van der Waals surface area contributed by atoms with Crippen LogP contribution in [0.15, 0.2) is 46.0 Å². The largest absolute Gasteiger partial charge is 0.506 e. The summed E-state index contributed by atoms with van der Waals surface area (Å²) >= 11 is 3.48. The maximum absolute atomic E-state index is 12.4. The third kappa shape index (κ3) is 3.46. The zero-order valence-corrected chi connectivity index (χ0v) is 16.3. The third-order valence-corrected chi connectivity index (χ3v) is 5.31. The first-order valence-corrected chi connectivity index (χ1v) is 8.86. The number of hydrogen-bond donors (Lipinski definition) is 2. The van der Waals surface area contributed by atoms with Crippen molar-refractivity contribution in [2.24, 2.45) is 5.10 Å². The molecule has 0 spiro atoms. The van der Waals surface area contributed by atoms with Gasteiger partial charge in [0.2, 0.25) is 0 Å².